The van der Waals surface area contributed by atoms with Gasteiger partial charge in [0.15, 0.2) is 0 Å². The number of benzene rings is 2. The van der Waals surface area contributed by atoms with Gasteiger partial charge in [-0.05, 0) is 29.8 Å². The van der Waals surface area contributed by atoms with Crippen molar-refractivity contribution in [2.75, 3.05) is 20.7 Å². The first-order valence-corrected chi connectivity index (χ1v) is 9.31. The number of ether oxygens (including phenoxy) is 1. The molecule has 2 aromatic carbocycles. The molecule has 0 N–H and O–H groups in total. The van der Waals surface area contributed by atoms with E-state index in [1.807, 2.05) is 12.1 Å². The standard InChI is InChI=1S/C18H18N2O5S/c1-19(11-13-7-9-14(25-2)10-8-13)17(21)12-20-18(22)15-5-3-4-6-16(15)26(20,23)24/h3-10H,11-12H2,1-2H3. The number of methoxy groups -OCH3 is 1. The Hall–Kier alpha value is -2.87. The van der Waals surface area contributed by atoms with Gasteiger partial charge < -0.3 is 9.64 Å². The van der Waals surface area contributed by atoms with Gasteiger partial charge in [0.2, 0.25) is 5.91 Å². The van der Waals surface area contributed by atoms with Crippen molar-refractivity contribution in [1.29, 1.82) is 0 Å². The fourth-order valence-corrected chi connectivity index (χ4v) is 4.24. The van der Waals surface area contributed by atoms with E-state index in [1.54, 1.807) is 38.4 Å². The number of nitrogens with zero attached hydrogens (tertiary/aromatic N) is 2. The molecule has 0 radical (unpaired) electrons. The van der Waals surface area contributed by atoms with Crippen LogP contribution in [0, 0.1) is 0 Å². The van der Waals surface area contributed by atoms with Crippen molar-refractivity contribution in [2.45, 2.75) is 11.4 Å². The van der Waals surface area contributed by atoms with E-state index in [1.165, 1.54) is 17.0 Å². The quantitative estimate of drug-likeness (QED) is 0.792. The van der Waals surface area contributed by atoms with Crippen LogP contribution in [-0.4, -0.2) is 50.1 Å². The molecule has 0 saturated heterocycles. The summed E-state index contributed by atoms with van der Waals surface area (Å²) in [6, 6.07) is 13.1. The Balaban J connectivity index is 1.72. The third-order valence-corrected chi connectivity index (χ3v) is 5.98. The Kier molecular flexibility index (Phi) is 4.69. The lowest BCUT2D eigenvalue weighted by Gasteiger charge is -2.21. The zero-order valence-corrected chi connectivity index (χ0v) is 15.2. The first kappa shape index (κ1) is 17.9. The van der Waals surface area contributed by atoms with Gasteiger partial charge in [-0.25, -0.2) is 12.7 Å². The van der Waals surface area contributed by atoms with E-state index >= 15 is 0 Å². The van der Waals surface area contributed by atoms with Gasteiger partial charge in [0.25, 0.3) is 15.9 Å². The summed E-state index contributed by atoms with van der Waals surface area (Å²) < 4.78 is 30.7. The summed E-state index contributed by atoms with van der Waals surface area (Å²) >= 11 is 0. The van der Waals surface area contributed by atoms with E-state index in [-0.39, 0.29) is 17.0 Å². The number of hydrogen-bond donors (Lipinski definition) is 0. The molecule has 2 aromatic rings. The third kappa shape index (κ3) is 3.15. The summed E-state index contributed by atoms with van der Waals surface area (Å²) in [5.74, 6) is -0.438. The van der Waals surface area contributed by atoms with Crippen LogP contribution in [-0.2, 0) is 21.4 Å². The fraction of sp³-hybridized carbons (Fsp3) is 0.222. The molecule has 0 spiro atoms. The molecule has 0 unspecified atom stereocenters. The average Bonchev–Trinajstić information content (AvgIpc) is 2.83. The highest BCUT2D eigenvalue weighted by Gasteiger charge is 2.42. The summed E-state index contributed by atoms with van der Waals surface area (Å²) in [6.07, 6.45) is 0. The second-order valence-corrected chi connectivity index (χ2v) is 7.74. The zero-order valence-electron chi connectivity index (χ0n) is 14.4. The molecule has 1 heterocycles. The Morgan fingerprint density at radius 2 is 1.77 bits per heavy atom. The van der Waals surface area contributed by atoms with Crippen LogP contribution in [0.5, 0.6) is 5.75 Å². The summed E-state index contributed by atoms with van der Waals surface area (Å²) in [7, 11) is -0.858. The molecule has 0 saturated carbocycles. The molecule has 3 rings (SSSR count). The second kappa shape index (κ2) is 6.80. The van der Waals surface area contributed by atoms with Crippen LogP contribution in [0.3, 0.4) is 0 Å². The Labute approximate surface area is 151 Å². The summed E-state index contributed by atoms with van der Waals surface area (Å²) in [4.78, 5) is 26.1. The van der Waals surface area contributed by atoms with Gasteiger partial charge in [-0.15, -0.1) is 0 Å². The van der Waals surface area contributed by atoms with Gasteiger partial charge in [-0.2, -0.15) is 0 Å². The maximum absolute atomic E-state index is 12.5. The van der Waals surface area contributed by atoms with Gasteiger partial charge in [0.05, 0.1) is 12.7 Å². The molecule has 2 amide bonds. The van der Waals surface area contributed by atoms with Gasteiger partial charge in [0.1, 0.15) is 17.2 Å². The van der Waals surface area contributed by atoms with Crippen LogP contribution in [0.25, 0.3) is 0 Å². The fourth-order valence-electron chi connectivity index (χ4n) is 2.72. The van der Waals surface area contributed by atoms with Crippen molar-refractivity contribution in [2.24, 2.45) is 0 Å². The molecule has 136 valence electrons. The van der Waals surface area contributed by atoms with Crippen LogP contribution in [0.2, 0.25) is 0 Å². The minimum atomic E-state index is -3.99. The van der Waals surface area contributed by atoms with Crippen molar-refractivity contribution in [3.05, 3.63) is 59.7 Å². The Morgan fingerprint density at radius 1 is 1.12 bits per heavy atom. The number of sulfonamides is 1. The number of likely N-dealkylation sites (N-methyl/N-ethyl adjacent to an activating group) is 1. The van der Waals surface area contributed by atoms with Crippen molar-refractivity contribution in [3.8, 4) is 5.75 Å². The molecule has 26 heavy (non-hydrogen) atoms. The van der Waals surface area contributed by atoms with Crippen LogP contribution in [0.15, 0.2) is 53.4 Å². The number of hydrogen-bond acceptors (Lipinski definition) is 5. The van der Waals surface area contributed by atoms with Crippen LogP contribution >= 0.6 is 0 Å². The molecule has 0 bridgehead atoms. The van der Waals surface area contributed by atoms with Crippen molar-refractivity contribution in [1.82, 2.24) is 9.21 Å². The van der Waals surface area contributed by atoms with Gasteiger partial charge >= 0.3 is 0 Å². The molecule has 1 aliphatic heterocycles. The predicted octanol–water partition coefficient (Wildman–Crippen LogP) is 1.50. The topological polar surface area (TPSA) is 84.0 Å². The van der Waals surface area contributed by atoms with Gasteiger partial charge in [0, 0.05) is 13.6 Å². The number of carbonyl (C=O) groups excluding carboxylic acids is 2. The zero-order chi connectivity index (χ0) is 18.9. The smallest absolute Gasteiger partial charge is 0.269 e. The molecule has 1 aliphatic rings. The van der Waals surface area contributed by atoms with Crippen molar-refractivity contribution >= 4 is 21.8 Å². The van der Waals surface area contributed by atoms with E-state index in [4.69, 9.17) is 4.74 Å². The summed E-state index contributed by atoms with van der Waals surface area (Å²) in [6.45, 7) is -0.236. The molecule has 0 atom stereocenters. The highest BCUT2D eigenvalue weighted by molar-refractivity contribution is 7.90. The molecule has 0 fully saturated rings. The van der Waals surface area contributed by atoms with E-state index in [0.717, 1.165) is 5.56 Å². The number of carbonyl (C=O) groups is 2. The highest BCUT2D eigenvalue weighted by atomic mass is 32.2. The first-order valence-electron chi connectivity index (χ1n) is 7.87. The van der Waals surface area contributed by atoms with Crippen molar-refractivity contribution in [3.63, 3.8) is 0 Å². The Morgan fingerprint density at radius 3 is 2.38 bits per heavy atom. The minimum absolute atomic E-state index is 0.0596. The lowest BCUT2D eigenvalue weighted by Crippen LogP contribution is -2.40. The molecule has 0 aromatic heterocycles. The summed E-state index contributed by atoms with van der Waals surface area (Å²) in [5, 5.41) is 0. The lowest BCUT2D eigenvalue weighted by atomic mass is 10.2. The monoisotopic (exact) mass is 374 g/mol. The summed E-state index contributed by atoms with van der Waals surface area (Å²) in [5.41, 5.74) is 0.957. The third-order valence-electron chi connectivity index (χ3n) is 4.20. The molecular formula is C18H18N2O5S. The highest BCUT2D eigenvalue weighted by Crippen LogP contribution is 2.29. The van der Waals surface area contributed by atoms with Gasteiger partial charge in [-0.1, -0.05) is 24.3 Å². The second-order valence-electron chi connectivity index (χ2n) is 5.91. The van der Waals surface area contributed by atoms with E-state index in [9.17, 15) is 18.0 Å². The van der Waals surface area contributed by atoms with Crippen LogP contribution in [0.4, 0.5) is 0 Å². The Bertz CT molecular complexity index is 954. The van der Waals surface area contributed by atoms with E-state index < -0.39 is 28.4 Å². The number of amides is 2. The average molecular weight is 374 g/mol. The van der Waals surface area contributed by atoms with E-state index in [2.05, 4.69) is 0 Å². The number of fused-ring (bicyclic) bond motifs is 1. The van der Waals surface area contributed by atoms with Crippen LogP contribution < -0.4 is 4.74 Å². The maximum Gasteiger partial charge on any atom is 0.269 e. The van der Waals surface area contributed by atoms with E-state index in [0.29, 0.717) is 10.1 Å². The predicted molar refractivity (Wildman–Crippen MR) is 94.1 cm³/mol. The normalized spacial score (nSPS) is 14.8. The molecule has 0 aliphatic carbocycles. The molecular weight excluding hydrogens is 356 g/mol. The lowest BCUT2D eigenvalue weighted by molar-refractivity contribution is -0.130. The SMILES string of the molecule is COc1ccc(CN(C)C(=O)CN2C(=O)c3ccccc3S2(=O)=O)cc1. The first-order chi connectivity index (χ1) is 12.3. The van der Waals surface area contributed by atoms with Gasteiger partial charge in [-0.3, -0.25) is 9.59 Å². The molecule has 7 nitrogen and oxygen atoms in total. The van der Waals surface area contributed by atoms with Crippen molar-refractivity contribution < 1.29 is 22.7 Å². The molecule has 8 heteroatoms. The number of rotatable bonds is 5. The maximum atomic E-state index is 12.5. The minimum Gasteiger partial charge on any atom is -0.497 e. The largest absolute Gasteiger partial charge is 0.497 e. The van der Waals surface area contributed by atoms with Crippen LogP contribution in [0.1, 0.15) is 15.9 Å².